The Bertz CT molecular complexity index is 320. The van der Waals surface area contributed by atoms with E-state index in [1.54, 1.807) is 0 Å². The van der Waals surface area contributed by atoms with Crippen molar-refractivity contribution in [2.45, 2.75) is 31.9 Å². The number of rotatable bonds is 3. The van der Waals surface area contributed by atoms with Crippen molar-refractivity contribution in [2.24, 2.45) is 11.7 Å². The van der Waals surface area contributed by atoms with Crippen LogP contribution in [0.5, 0.6) is 0 Å². The van der Waals surface area contributed by atoms with E-state index in [1.807, 2.05) is 25.1 Å². The Balaban J connectivity index is 2.13. The molecule has 0 saturated heterocycles. The van der Waals surface area contributed by atoms with Gasteiger partial charge in [-0.1, -0.05) is 29.8 Å². The van der Waals surface area contributed by atoms with Gasteiger partial charge in [-0.3, -0.25) is 0 Å². The summed E-state index contributed by atoms with van der Waals surface area (Å²) in [7, 11) is 0. The van der Waals surface area contributed by atoms with Gasteiger partial charge in [-0.25, -0.2) is 0 Å². The summed E-state index contributed by atoms with van der Waals surface area (Å²) in [6, 6.07) is 7.85. The Kier molecular flexibility index (Phi) is 2.57. The topological polar surface area (TPSA) is 46.2 Å². The van der Waals surface area contributed by atoms with Crippen LogP contribution in [0.3, 0.4) is 0 Å². The van der Waals surface area contributed by atoms with Gasteiger partial charge in [0.05, 0.1) is 12.1 Å². The molecule has 14 heavy (non-hydrogen) atoms. The summed E-state index contributed by atoms with van der Waals surface area (Å²) in [5.41, 5.74) is 8.24. The number of hydrogen-bond acceptors (Lipinski definition) is 2. The van der Waals surface area contributed by atoms with E-state index >= 15 is 0 Å². The van der Waals surface area contributed by atoms with E-state index in [-0.39, 0.29) is 12.1 Å². The lowest BCUT2D eigenvalue weighted by molar-refractivity contribution is 0.122. The molecule has 0 bridgehead atoms. The van der Waals surface area contributed by atoms with E-state index in [0.717, 1.165) is 18.4 Å². The number of benzene rings is 1. The highest BCUT2D eigenvalue weighted by molar-refractivity contribution is 5.26. The predicted molar refractivity (Wildman–Crippen MR) is 56.8 cm³/mol. The standard InChI is InChI=1S/C12H17NO/c1-8-3-2-4-10(7-8)11(13)12(14)9-5-6-9/h2-4,7,9,11-12,14H,5-6,13H2,1H3. The quantitative estimate of drug-likeness (QED) is 0.764. The molecule has 2 unspecified atom stereocenters. The second-order valence-corrected chi connectivity index (χ2v) is 4.27. The average Bonchev–Trinajstić information content (AvgIpc) is 2.99. The molecule has 0 amide bonds. The molecule has 1 aliphatic rings. The molecule has 1 aromatic rings. The summed E-state index contributed by atoms with van der Waals surface area (Å²) < 4.78 is 0. The van der Waals surface area contributed by atoms with E-state index in [9.17, 15) is 5.11 Å². The molecule has 1 saturated carbocycles. The van der Waals surface area contributed by atoms with Gasteiger partial charge in [-0.15, -0.1) is 0 Å². The molecule has 3 N–H and O–H groups in total. The second kappa shape index (κ2) is 3.71. The van der Waals surface area contributed by atoms with Gasteiger partial charge >= 0.3 is 0 Å². The van der Waals surface area contributed by atoms with E-state index in [2.05, 4.69) is 6.07 Å². The van der Waals surface area contributed by atoms with Crippen LogP contribution < -0.4 is 5.73 Å². The fourth-order valence-corrected chi connectivity index (χ4v) is 1.81. The molecule has 2 atom stereocenters. The van der Waals surface area contributed by atoms with Gasteiger partial charge in [0.1, 0.15) is 0 Å². The zero-order chi connectivity index (χ0) is 10.1. The van der Waals surface area contributed by atoms with Crippen molar-refractivity contribution in [3.63, 3.8) is 0 Å². The van der Waals surface area contributed by atoms with Crippen molar-refractivity contribution < 1.29 is 5.11 Å². The third-order valence-corrected chi connectivity index (χ3v) is 2.90. The number of aliphatic hydroxyl groups is 1. The van der Waals surface area contributed by atoms with Gasteiger partial charge in [-0.2, -0.15) is 0 Å². The lowest BCUT2D eigenvalue weighted by atomic mass is 9.98. The number of aryl methyl sites for hydroxylation is 1. The molecule has 1 fully saturated rings. The lowest BCUT2D eigenvalue weighted by Crippen LogP contribution is -2.27. The minimum Gasteiger partial charge on any atom is -0.391 e. The molecule has 2 nitrogen and oxygen atoms in total. The summed E-state index contributed by atoms with van der Waals surface area (Å²) in [6.45, 7) is 2.04. The first-order valence-corrected chi connectivity index (χ1v) is 5.18. The van der Waals surface area contributed by atoms with E-state index < -0.39 is 0 Å². The van der Waals surface area contributed by atoms with Crippen LogP contribution in [0, 0.1) is 12.8 Å². The smallest absolute Gasteiger partial charge is 0.0760 e. The first-order valence-electron chi connectivity index (χ1n) is 5.18. The molecular weight excluding hydrogens is 174 g/mol. The fraction of sp³-hybridized carbons (Fsp3) is 0.500. The minimum absolute atomic E-state index is 0.220. The van der Waals surface area contributed by atoms with Crippen molar-refractivity contribution in [3.05, 3.63) is 35.4 Å². The SMILES string of the molecule is Cc1cccc(C(N)C(O)C2CC2)c1. The first-order chi connectivity index (χ1) is 6.68. The van der Waals surface area contributed by atoms with Crippen LogP contribution in [-0.2, 0) is 0 Å². The number of hydrogen-bond donors (Lipinski definition) is 2. The first kappa shape index (κ1) is 9.69. The highest BCUT2D eigenvalue weighted by Gasteiger charge is 2.34. The molecule has 76 valence electrons. The third kappa shape index (κ3) is 1.97. The normalized spacial score (nSPS) is 20.5. The number of nitrogens with two attached hydrogens (primary N) is 1. The Morgan fingerprint density at radius 1 is 1.43 bits per heavy atom. The summed E-state index contributed by atoms with van der Waals surface area (Å²) in [5, 5.41) is 9.88. The second-order valence-electron chi connectivity index (χ2n) is 4.27. The van der Waals surface area contributed by atoms with Crippen LogP contribution in [0.25, 0.3) is 0 Å². The molecule has 2 heteroatoms. The number of aliphatic hydroxyl groups excluding tert-OH is 1. The predicted octanol–water partition coefficient (Wildman–Crippen LogP) is 1.77. The van der Waals surface area contributed by atoms with Gasteiger partial charge in [0.15, 0.2) is 0 Å². The van der Waals surface area contributed by atoms with Crippen molar-refractivity contribution in [2.75, 3.05) is 0 Å². The van der Waals surface area contributed by atoms with Crippen molar-refractivity contribution >= 4 is 0 Å². The summed E-state index contributed by atoms with van der Waals surface area (Å²) in [5.74, 6) is 0.436. The minimum atomic E-state index is -0.364. The van der Waals surface area contributed by atoms with Crippen molar-refractivity contribution in [1.29, 1.82) is 0 Å². The van der Waals surface area contributed by atoms with Crippen molar-refractivity contribution in [3.8, 4) is 0 Å². The molecule has 0 spiro atoms. The van der Waals surface area contributed by atoms with E-state index in [0.29, 0.717) is 5.92 Å². The van der Waals surface area contributed by atoms with Crippen LogP contribution in [0.4, 0.5) is 0 Å². The Hall–Kier alpha value is -0.860. The van der Waals surface area contributed by atoms with Crippen LogP contribution in [0.1, 0.15) is 30.0 Å². The van der Waals surface area contributed by atoms with Crippen LogP contribution in [-0.4, -0.2) is 11.2 Å². The zero-order valence-corrected chi connectivity index (χ0v) is 8.48. The average molecular weight is 191 g/mol. The highest BCUT2D eigenvalue weighted by atomic mass is 16.3. The molecule has 0 heterocycles. The maximum absolute atomic E-state index is 9.88. The van der Waals surface area contributed by atoms with Crippen LogP contribution in [0.15, 0.2) is 24.3 Å². The van der Waals surface area contributed by atoms with Gasteiger partial charge in [0, 0.05) is 0 Å². The zero-order valence-electron chi connectivity index (χ0n) is 8.48. The van der Waals surface area contributed by atoms with Gasteiger partial charge < -0.3 is 10.8 Å². The summed E-state index contributed by atoms with van der Waals surface area (Å²) in [4.78, 5) is 0. The monoisotopic (exact) mass is 191 g/mol. The maximum atomic E-state index is 9.88. The largest absolute Gasteiger partial charge is 0.391 e. The molecule has 2 rings (SSSR count). The van der Waals surface area contributed by atoms with Crippen LogP contribution in [0.2, 0.25) is 0 Å². The molecule has 1 aromatic carbocycles. The maximum Gasteiger partial charge on any atom is 0.0760 e. The van der Waals surface area contributed by atoms with Crippen LogP contribution >= 0.6 is 0 Å². The highest BCUT2D eigenvalue weighted by Crippen LogP contribution is 2.37. The van der Waals surface area contributed by atoms with E-state index in [1.165, 1.54) is 5.56 Å². The summed E-state index contributed by atoms with van der Waals surface area (Å²) >= 11 is 0. The molecule has 0 aromatic heterocycles. The van der Waals surface area contributed by atoms with Gasteiger partial charge in [0.2, 0.25) is 0 Å². The Morgan fingerprint density at radius 3 is 2.71 bits per heavy atom. The van der Waals surface area contributed by atoms with Gasteiger partial charge in [-0.05, 0) is 31.2 Å². The van der Waals surface area contributed by atoms with Crippen molar-refractivity contribution in [1.82, 2.24) is 0 Å². The lowest BCUT2D eigenvalue weighted by Gasteiger charge is -2.19. The van der Waals surface area contributed by atoms with E-state index in [4.69, 9.17) is 5.73 Å². The molecule has 0 radical (unpaired) electrons. The third-order valence-electron chi connectivity index (χ3n) is 2.90. The Morgan fingerprint density at radius 2 is 2.14 bits per heavy atom. The fourth-order valence-electron chi connectivity index (χ4n) is 1.81. The molecule has 0 aliphatic heterocycles. The summed E-state index contributed by atoms with van der Waals surface area (Å²) in [6.07, 6.45) is 1.89. The molecule has 1 aliphatic carbocycles. The Labute approximate surface area is 84.7 Å². The van der Waals surface area contributed by atoms with Gasteiger partial charge in [0.25, 0.3) is 0 Å². The molecular formula is C12H17NO.